The molecular formula is C15H13N3O2. The molecule has 0 radical (unpaired) electrons. The second kappa shape index (κ2) is 4.31. The van der Waals surface area contributed by atoms with Gasteiger partial charge in [-0.05, 0) is 35.4 Å². The summed E-state index contributed by atoms with van der Waals surface area (Å²) in [5.41, 5.74) is 20.3. The maximum Gasteiger partial charge on any atom is 0.286 e. The average molecular weight is 267 g/mol. The predicted octanol–water partition coefficient (Wildman–Crippen LogP) is 2.36. The molecule has 0 fully saturated rings. The number of primary amides is 1. The van der Waals surface area contributed by atoms with Gasteiger partial charge in [-0.15, -0.1) is 0 Å². The molecule has 3 rings (SSSR count). The van der Waals surface area contributed by atoms with E-state index in [9.17, 15) is 4.79 Å². The van der Waals surface area contributed by atoms with Crippen molar-refractivity contribution in [3.8, 4) is 11.1 Å². The second-order valence-corrected chi connectivity index (χ2v) is 4.55. The fourth-order valence-corrected chi connectivity index (χ4v) is 2.20. The lowest BCUT2D eigenvalue weighted by Crippen LogP contribution is -2.11. The van der Waals surface area contributed by atoms with Crippen molar-refractivity contribution in [2.75, 3.05) is 11.5 Å². The van der Waals surface area contributed by atoms with Crippen LogP contribution in [0.15, 0.2) is 46.9 Å². The summed E-state index contributed by atoms with van der Waals surface area (Å²) >= 11 is 0. The molecule has 5 nitrogen and oxygen atoms in total. The third kappa shape index (κ3) is 1.85. The van der Waals surface area contributed by atoms with Crippen molar-refractivity contribution in [3.05, 3.63) is 48.2 Å². The number of carbonyl (C=O) groups excluding carboxylic acids is 1. The van der Waals surface area contributed by atoms with Crippen molar-refractivity contribution in [2.45, 2.75) is 0 Å². The second-order valence-electron chi connectivity index (χ2n) is 4.55. The Bertz CT molecular complexity index is 821. The Labute approximate surface area is 115 Å². The first-order chi connectivity index (χ1) is 9.56. The van der Waals surface area contributed by atoms with Gasteiger partial charge in [0.1, 0.15) is 5.58 Å². The highest BCUT2D eigenvalue weighted by molar-refractivity contribution is 6.05. The van der Waals surface area contributed by atoms with E-state index in [0.29, 0.717) is 16.7 Å². The molecule has 1 heterocycles. The number of nitrogen functional groups attached to an aromatic ring is 2. The number of amides is 1. The molecule has 0 aliphatic rings. The zero-order chi connectivity index (χ0) is 14.3. The minimum atomic E-state index is -0.677. The average Bonchev–Trinajstić information content (AvgIpc) is 2.76. The van der Waals surface area contributed by atoms with Gasteiger partial charge in [-0.2, -0.15) is 0 Å². The maximum atomic E-state index is 11.2. The Morgan fingerprint density at radius 2 is 1.75 bits per heavy atom. The Hall–Kier alpha value is -2.95. The molecule has 100 valence electrons. The van der Waals surface area contributed by atoms with Gasteiger partial charge >= 0.3 is 0 Å². The van der Waals surface area contributed by atoms with Crippen LogP contribution in [0.25, 0.3) is 22.1 Å². The van der Waals surface area contributed by atoms with Crippen molar-refractivity contribution in [2.24, 2.45) is 5.73 Å². The third-order valence-electron chi connectivity index (χ3n) is 3.17. The van der Waals surface area contributed by atoms with E-state index in [-0.39, 0.29) is 11.4 Å². The summed E-state index contributed by atoms with van der Waals surface area (Å²) in [4.78, 5) is 11.2. The SMILES string of the molecule is NC(=O)c1oc2ccc(-c3cccc(N)c3)cc2c1N. The minimum absolute atomic E-state index is 0.00951. The summed E-state index contributed by atoms with van der Waals surface area (Å²) in [5.74, 6) is -0.686. The van der Waals surface area contributed by atoms with Crippen LogP contribution in [-0.4, -0.2) is 5.91 Å². The normalized spacial score (nSPS) is 10.8. The first-order valence-corrected chi connectivity index (χ1v) is 6.04. The van der Waals surface area contributed by atoms with Crippen molar-refractivity contribution in [1.29, 1.82) is 0 Å². The molecule has 0 saturated carbocycles. The van der Waals surface area contributed by atoms with Crippen LogP contribution in [0, 0.1) is 0 Å². The number of nitrogens with two attached hydrogens (primary N) is 3. The van der Waals surface area contributed by atoms with E-state index < -0.39 is 5.91 Å². The number of carbonyl (C=O) groups is 1. The van der Waals surface area contributed by atoms with Gasteiger partial charge in [-0.1, -0.05) is 18.2 Å². The van der Waals surface area contributed by atoms with Gasteiger partial charge < -0.3 is 21.6 Å². The van der Waals surface area contributed by atoms with Crippen LogP contribution in [0.4, 0.5) is 11.4 Å². The number of hydrogen-bond acceptors (Lipinski definition) is 4. The van der Waals surface area contributed by atoms with E-state index in [1.807, 2.05) is 36.4 Å². The summed E-state index contributed by atoms with van der Waals surface area (Å²) in [5, 5.41) is 0.665. The van der Waals surface area contributed by atoms with Crippen molar-refractivity contribution < 1.29 is 9.21 Å². The predicted molar refractivity (Wildman–Crippen MR) is 79.0 cm³/mol. The lowest BCUT2D eigenvalue weighted by atomic mass is 10.0. The molecule has 0 unspecified atom stereocenters. The molecule has 1 amide bonds. The van der Waals surface area contributed by atoms with Crippen molar-refractivity contribution in [1.82, 2.24) is 0 Å². The Morgan fingerprint density at radius 1 is 1.00 bits per heavy atom. The quantitative estimate of drug-likeness (QED) is 0.619. The zero-order valence-electron chi connectivity index (χ0n) is 10.6. The number of anilines is 2. The van der Waals surface area contributed by atoms with Gasteiger partial charge in [0.25, 0.3) is 5.91 Å². The Kier molecular flexibility index (Phi) is 2.61. The Morgan fingerprint density at radius 3 is 2.45 bits per heavy atom. The molecule has 0 aliphatic carbocycles. The van der Waals surface area contributed by atoms with Gasteiger partial charge in [-0.25, -0.2) is 0 Å². The van der Waals surface area contributed by atoms with Crippen LogP contribution in [0.2, 0.25) is 0 Å². The number of rotatable bonds is 2. The molecule has 20 heavy (non-hydrogen) atoms. The highest BCUT2D eigenvalue weighted by atomic mass is 16.3. The van der Waals surface area contributed by atoms with Crippen LogP contribution in [0.1, 0.15) is 10.6 Å². The number of benzene rings is 2. The van der Waals surface area contributed by atoms with E-state index >= 15 is 0 Å². The van der Waals surface area contributed by atoms with Gasteiger partial charge in [-0.3, -0.25) is 4.79 Å². The minimum Gasteiger partial charge on any atom is -0.449 e. The van der Waals surface area contributed by atoms with Crippen LogP contribution in [0.5, 0.6) is 0 Å². The molecule has 2 aromatic carbocycles. The molecule has 5 heteroatoms. The summed E-state index contributed by atoms with van der Waals surface area (Å²) in [6, 6.07) is 13.0. The molecule has 6 N–H and O–H groups in total. The molecular weight excluding hydrogens is 254 g/mol. The van der Waals surface area contributed by atoms with E-state index in [4.69, 9.17) is 21.6 Å². The van der Waals surface area contributed by atoms with Crippen LogP contribution in [0.3, 0.4) is 0 Å². The summed E-state index contributed by atoms with van der Waals surface area (Å²) in [7, 11) is 0. The first-order valence-electron chi connectivity index (χ1n) is 6.04. The van der Waals surface area contributed by atoms with E-state index in [0.717, 1.165) is 11.1 Å². The zero-order valence-corrected chi connectivity index (χ0v) is 10.6. The van der Waals surface area contributed by atoms with Gasteiger partial charge in [0.15, 0.2) is 0 Å². The molecule has 0 saturated heterocycles. The third-order valence-corrected chi connectivity index (χ3v) is 3.17. The highest BCUT2D eigenvalue weighted by Gasteiger charge is 2.16. The first kappa shape index (κ1) is 12.1. The van der Waals surface area contributed by atoms with Crippen molar-refractivity contribution in [3.63, 3.8) is 0 Å². The maximum absolute atomic E-state index is 11.2. The summed E-state index contributed by atoms with van der Waals surface area (Å²) < 4.78 is 5.35. The largest absolute Gasteiger partial charge is 0.449 e. The fraction of sp³-hybridized carbons (Fsp3) is 0. The van der Waals surface area contributed by atoms with Crippen LogP contribution >= 0.6 is 0 Å². The summed E-state index contributed by atoms with van der Waals surface area (Å²) in [6.07, 6.45) is 0. The molecule has 0 spiro atoms. The van der Waals surface area contributed by atoms with Crippen LogP contribution < -0.4 is 17.2 Å². The molecule has 0 atom stereocenters. The smallest absolute Gasteiger partial charge is 0.286 e. The van der Waals surface area contributed by atoms with Gasteiger partial charge in [0, 0.05) is 11.1 Å². The number of hydrogen-bond donors (Lipinski definition) is 3. The molecule has 1 aromatic heterocycles. The van der Waals surface area contributed by atoms with Crippen molar-refractivity contribution >= 4 is 28.3 Å². The number of furan rings is 1. The summed E-state index contributed by atoms with van der Waals surface area (Å²) in [6.45, 7) is 0. The monoisotopic (exact) mass is 267 g/mol. The fourth-order valence-electron chi connectivity index (χ4n) is 2.20. The lowest BCUT2D eigenvalue weighted by Gasteiger charge is -2.03. The standard InChI is InChI=1S/C15H13N3O2/c16-10-3-1-2-8(6-10)9-4-5-12-11(7-9)13(17)14(20-12)15(18)19/h1-7H,16-17H2,(H2,18,19). The van der Waals surface area contributed by atoms with E-state index in [2.05, 4.69) is 0 Å². The van der Waals surface area contributed by atoms with E-state index in [1.54, 1.807) is 6.07 Å². The number of fused-ring (bicyclic) bond motifs is 1. The Balaban J connectivity index is 2.20. The van der Waals surface area contributed by atoms with Gasteiger partial charge in [0.05, 0.1) is 5.69 Å². The van der Waals surface area contributed by atoms with E-state index in [1.165, 1.54) is 0 Å². The lowest BCUT2D eigenvalue weighted by molar-refractivity contribution is 0.0977. The highest BCUT2D eigenvalue weighted by Crippen LogP contribution is 2.32. The van der Waals surface area contributed by atoms with Gasteiger partial charge in [0.2, 0.25) is 5.76 Å². The molecule has 0 aliphatic heterocycles. The molecule has 3 aromatic rings. The van der Waals surface area contributed by atoms with Crippen LogP contribution in [-0.2, 0) is 0 Å². The molecule has 0 bridgehead atoms. The topological polar surface area (TPSA) is 108 Å².